The van der Waals surface area contributed by atoms with Crippen LogP contribution in [0.2, 0.25) is 0 Å². The number of rotatable bonds is 3. The van der Waals surface area contributed by atoms with Gasteiger partial charge >= 0.3 is 0 Å². The summed E-state index contributed by atoms with van der Waals surface area (Å²) >= 11 is 0. The van der Waals surface area contributed by atoms with Crippen LogP contribution in [0.15, 0.2) is 36.7 Å². The number of methoxy groups -OCH3 is 2. The summed E-state index contributed by atoms with van der Waals surface area (Å²) in [5, 5.41) is 8.13. The number of fused-ring (bicyclic) bond motifs is 2. The Morgan fingerprint density at radius 3 is 2.64 bits per heavy atom. The first kappa shape index (κ1) is 16.5. The lowest BCUT2D eigenvalue weighted by atomic mass is 10.0. The molecule has 0 saturated heterocycles. The van der Waals surface area contributed by atoms with E-state index in [1.165, 1.54) is 0 Å². The molecule has 8 nitrogen and oxygen atoms in total. The van der Waals surface area contributed by atoms with Gasteiger partial charge in [0.2, 0.25) is 0 Å². The normalized spacial score (nSPS) is 12.2. The molecule has 28 heavy (non-hydrogen) atoms. The Morgan fingerprint density at radius 1 is 1.07 bits per heavy atom. The van der Waals surface area contributed by atoms with Crippen LogP contribution in [-0.2, 0) is 6.42 Å². The highest BCUT2D eigenvalue weighted by Crippen LogP contribution is 2.39. The Labute approximate surface area is 161 Å². The number of hydrogen-bond donors (Lipinski definition) is 1. The molecule has 0 fully saturated rings. The van der Waals surface area contributed by atoms with Crippen molar-refractivity contribution < 1.29 is 9.47 Å². The number of hydrogen-bond acceptors (Lipinski definition) is 7. The van der Waals surface area contributed by atoms with E-state index >= 15 is 0 Å². The van der Waals surface area contributed by atoms with E-state index in [1.807, 2.05) is 35.7 Å². The maximum Gasteiger partial charge on any atom is 0.182 e. The minimum Gasteiger partial charge on any atom is -0.493 e. The Morgan fingerprint density at radius 2 is 1.89 bits per heavy atom. The quantitative estimate of drug-likeness (QED) is 0.519. The number of benzene rings is 1. The Balaban J connectivity index is 1.76. The second-order valence-corrected chi connectivity index (χ2v) is 6.56. The van der Waals surface area contributed by atoms with Crippen molar-refractivity contribution >= 4 is 17.0 Å². The molecule has 3 aromatic heterocycles. The van der Waals surface area contributed by atoms with E-state index in [-0.39, 0.29) is 0 Å². The van der Waals surface area contributed by atoms with Gasteiger partial charge in [-0.15, -0.1) is 5.10 Å². The Bertz CT molecular complexity index is 1200. The van der Waals surface area contributed by atoms with Crippen LogP contribution in [0.4, 0.5) is 11.5 Å². The lowest BCUT2D eigenvalue weighted by Crippen LogP contribution is -2.08. The topological polar surface area (TPSA) is 86.5 Å². The molecule has 5 rings (SSSR count). The van der Waals surface area contributed by atoms with E-state index in [0.29, 0.717) is 29.6 Å². The van der Waals surface area contributed by atoms with E-state index < -0.39 is 0 Å². The summed E-state index contributed by atoms with van der Waals surface area (Å²) in [5.41, 5.74) is 4.51. The zero-order valence-electron chi connectivity index (χ0n) is 15.7. The van der Waals surface area contributed by atoms with Crippen LogP contribution in [-0.4, -0.2) is 38.8 Å². The van der Waals surface area contributed by atoms with E-state index in [0.717, 1.165) is 33.8 Å². The molecule has 4 heterocycles. The highest BCUT2D eigenvalue weighted by Gasteiger charge is 2.23. The van der Waals surface area contributed by atoms with Crippen molar-refractivity contribution in [3.05, 3.63) is 53.7 Å². The van der Waals surface area contributed by atoms with Gasteiger partial charge in [-0.25, -0.2) is 14.5 Å². The summed E-state index contributed by atoms with van der Waals surface area (Å²) in [6.45, 7) is 1.94. The van der Waals surface area contributed by atoms with Gasteiger partial charge in [-0.3, -0.25) is 4.98 Å². The van der Waals surface area contributed by atoms with Gasteiger partial charge in [0.05, 0.1) is 19.9 Å². The van der Waals surface area contributed by atoms with Gasteiger partial charge in [0, 0.05) is 41.7 Å². The Kier molecular flexibility index (Phi) is 3.65. The van der Waals surface area contributed by atoms with Crippen molar-refractivity contribution in [2.24, 2.45) is 0 Å². The van der Waals surface area contributed by atoms with Gasteiger partial charge in [0.25, 0.3) is 0 Å². The van der Waals surface area contributed by atoms with Crippen LogP contribution in [0, 0.1) is 6.92 Å². The summed E-state index contributed by atoms with van der Waals surface area (Å²) in [4.78, 5) is 13.6. The standard InChI is InChI=1S/C20H18N6O2/c1-11-22-15-9-13-8-14(10-16(27-2)18(13)28-3)23-20-17(15)26(11)25-19(24-20)12-4-6-21-7-5-12/h4-8,10H,9H2,1-3H3,(H,23,24,25). The van der Waals surface area contributed by atoms with Gasteiger partial charge in [-0.05, 0) is 25.1 Å². The van der Waals surface area contributed by atoms with Crippen LogP contribution in [0.5, 0.6) is 11.5 Å². The maximum atomic E-state index is 5.59. The van der Waals surface area contributed by atoms with E-state index in [9.17, 15) is 0 Å². The van der Waals surface area contributed by atoms with Gasteiger partial charge < -0.3 is 14.8 Å². The second kappa shape index (κ2) is 6.19. The molecule has 0 saturated carbocycles. The highest BCUT2D eigenvalue weighted by atomic mass is 16.5. The van der Waals surface area contributed by atoms with E-state index in [4.69, 9.17) is 24.5 Å². The number of ether oxygens (including phenoxy) is 2. The minimum atomic E-state index is 0.595. The van der Waals surface area contributed by atoms with Gasteiger partial charge in [-0.1, -0.05) is 0 Å². The van der Waals surface area contributed by atoms with Crippen LogP contribution in [0.25, 0.3) is 16.9 Å². The molecule has 0 spiro atoms. The molecule has 8 heteroatoms. The van der Waals surface area contributed by atoms with E-state index in [1.54, 1.807) is 26.6 Å². The summed E-state index contributed by atoms with van der Waals surface area (Å²) in [5.74, 6) is 3.49. The molecular weight excluding hydrogens is 356 g/mol. The third-order valence-corrected chi connectivity index (χ3v) is 4.84. The zero-order chi connectivity index (χ0) is 19.3. The molecule has 1 N–H and O–H groups in total. The van der Waals surface area contributed by atoms with E-state index in [2.05, 4.69) is 10.3 Å². The largest absolute Gasteiger partial charge is 0.493 e. The van der Waals surface area contributed by atoms with Crippen LogP contribution >= 0.6 is 0 Å². The predicted octanol–water partition coefficient (Wildman–Crippen LogP) is 3.16. The van der Waals surface area contributed by atoms with Gasteiger partial charge in [0.1, 0.15) is 11.3 Å². The molecule has 0 atom stereocenters. The fourth-order valence-corrected chi connectivity index (χ4v) is 3.61. The van der Waals surface area contributed by atoms with Crippen LogP contribution in [0.1, 0.15) is 17.1 Å². The molecule has 2 bridgehead atoms. The van der Waals surface area contributed by atoms with Crippen molar-refractivity contribution in [1.29, 1.82) is 0 Å². The first-order valence-electron chi connectivity index (χ1n) is 8.86. The van der Waals surface area contributed by atoms with Crippen molar-refractivity contribution in [2.75, 3.05) is 19.5 Å². The lowest BCUT2D eigenvalue weighted by Gasteiger charge is -2.18. The van der Waals surface area contributed by atoms with Gasteiger partial charge in [0.15, 0.2) is 23.1 Å². The summed E-state index contributed by atoms with van der Waals surface area (Å²) in [6, 6.07) is 7.72. The molecule has 0 radical (unpaired) electrons. The van der Waals surface area contributed by atoms with Crippen molar-refractivity contribution in [3.8, 4) is 22.9 Å². The third-order valence-electron chi connectivity index (χ3n) is 4.84. The molecule has 0 unspecified atom stereocenters. The number of pyridine rings is 1. The van der Waals surface area contributed by atoms with Gasteiger partial charge in [-0.2, -0.15) is 0 Å². The maximum absolute atomic E-state index is 5.59. The number of nitrogens with zero attached hydrogens (tertiary/aromatic N) is 5. The first-order valence-corrected chi connectivity index (χ1v) is 8.86. The minimum absolute atomic E-state index is 0.595. The fourth-order valence-electron chi connectivity index (χ4n) is 3.61. The number of imidazole rings is 1. The highest BCUT2D eigenvalue weighted by molar-refractivity contribution is 5.80. The summed E-state index contributed by atoms with van der Waals surface area (Å²) in [6.07, 6.45) is 4.05. The number of aromatic nitrogens is 5. The van der Waals surface area contributed by atoms with Crippen LogP contribution < -0.4 is 14.8 Å². The number of nitrogens with one attached hydrogen (secondary N) is 1. The molecule has 0 amide bonds. The average Bonchev–Trinajstić information content (AvgIpc) is 3.03. The lowest BCUT2D eigenvalue weighted by molar-refractivity contribution is 0.352. The molecule has 0 aliphatic carbocycles. The number of aryl methyl sites for hydroxylation is 1. The Hall–Kier alpha value is -3.68. The van der Waals surface area contributed by atoms with Crippen LogP contribution in [0.3, 0.4) is 0 Å². The zero-order valence-corrected chi connectivity index (χ0v) is 15.7. The molecule has 1 aromatic carbocycles. The monoisotopic (exact) mass is 374 g/mol. The SMILES string of the molecule is COc1cc2cc(c1OC)Cc1nc(C)n3nc(-c4ccncc4)nc(c13)N2. The molecule has 4 aromatic rings. The number of anilines is 2. The second-order valence-electron chi connectivity index (χ2n) is 6.56. The van der Waals surface area contributed by atoms with Crippen molar-refractivity contribution in [3.63, 3.8) is 0 Å². The fraction of sp³-hybridized carbons (Fsp3) is 0.200. The molecule has 1 aliphatic rings. The summed E-state index contributed by atoms with van der Waals surface area (Å²) in [7, 11) is 3.28. The third kappa shape index (κ3) is 2.45. The molecular formula is C20H18N6O2. The van der Waals surface area contributed by atoms with Crippen molar-refractivity contribution in [2.45, 2.75) is 13.3 Å². The predicted molar refractivity (Wildman–Crippen MR) is 104 cm³/mol. The molecule has 1 aliphatic heterocycles. The first-order chi connectivity index (χ1) is 13.7. The van der Waals surface area contributed by atoms with Crippen molar-refractivity contribution in [1.82, 2.24) is 24.6 Å². The molecule has 140 valence electrons. The smallest absolute Gasteiger partial charge is 0.182 e. The summed E-state index contributed by atoms with van der Waals surface area (Å²) < 4.78 is 12.9. The average molecular weight is 374 g/mol.